The van der Waals surface area contributed by atoms with Gasteiger partial charge >= 0.3 is 104 Å². The van der Waals surface area contributed by atoms with E-state index >= 15 is 0 Å². The number of carbonyl (C=O) groups excluding carboxylic acids is 1. The van der Waals surface area contributed by atoms with E-state index in [4.69, 9.17) is 0 Å². The van der Waals surface area contributed by atoms with Gasteiger partial charge in [-0.1, -0.05) is 0 Å². The normalized spacial score (nSPS) is 10.3. The van der Waals surface area contributed by atoms with Crippen molar-refractivity contribution in [3.05, 3.63) is 0 Å². The first-order valence-corrected chi connectivity index (χ1v) is 9.85. The Morgan fingerprint density at radius 2 is 1.53 bits per heavy atom. The first-order valence-electron chi connectivity index (χ1n) is 5.87. The van der Waals surface area contributed by atoms with Gasteiger partial charge in [0.2, 0.25) is 0 Å². The molecule has 0 heterocycles. The van der Waals surface area contributed by atoms with Crippen LogP contribution in [0.1, 0.15) is 51.4 Å². The zero-order valence-electron chi connectivity index (χ0n) is 10.1. The van der Waals surface area contributed by atoms with Gasteiger partial charge in [0.05, 0.1) is 0 Å². The molecule has 3 heteroatoms. The van der Waals surface area contributed by atoms with Crippen molar-refractivity contribution in [3.63, 3.8) is 0 Å². The molecule has 0 fully saturated rings. The molecule has 0 bridgehead atoms. The summed E-state index contributed by atoms with van der Waals surface area (Å²) in [4.78, 5) is 13.2. The van der Waals surface area contributed by atoms with Crippen LogP contribution in [0.5, 0.6) is 0 Å². The van der Waals surface area contributed by atoms with Crippen LogP contribution in [0.4, 0.5) is 0 Å². The van der Waals surface area contributed by atoms with Gasteiger partial charge in [-0.15, -0.1) is 0 Å². The average molecular weight is 328 g/mol. The van der Waals surface area contributed by atoms with Crippen molar-refractivity contribution in [1.82, 2.24) is 0 Å². The molecule has 0 N–H and O–H groups in total. The van der Waals surface area contributed by atoms with E-state index in [0.717, 1.165) is 6.42 Å². The van der Waals surface area contributed by atoms with E-state index in [0.29, 0.717) is 27.3 Å². The maximum absolute atomic E-state index is 10.8. The summed E-state index contributed by atoms with van der Waals surface area (Å²) in [6, 6.07) is 0. The molecule has 0 unspecified atom stereocenters. The molecule has 0 saturated carbocycles. The Labute approximate surface area is 104 Å². The van der Waals surface area contributed by atoms with E-state index < -0.39 is 0 Å². The molecule has 0 radical (unpaired) electrons. The SMILES string of the molecule is COC(=O)CCCCCCCCC[Te]C. The van der Waals surface area contributed by atoms with Crippen molar-refractivity contribution in [2.45, 2.75) is 60.8 Å². The van der Waals surface area contributed by atoms with Gasteiger partial charge in [-0.25, -0.2) is 0 Å². The molecule has 15 heavy (non-hydrogen) atoms. The summed E-state index contributed by atoms with van der Waals surface area (Å²) in [5.41, 5.74) is 0. The number of carbonyl (C=O) groups is 1. The number of unbranched alkanes of at least 4 members (excludes halogenated alkanes) is 6. The van der Waals surface area contributed by atoms with Gasteiger partial charge in [0.1, 0.15) is 0 Å². The fourth-order valence-electron chi connectivity index (χ4n) is 1.50. The van der Waals surface area contributed by atoms with Gasteiger partial charge in [-0.3, -0.25) is 0 Å². The Bertz CT molecular complexity index is 149. The Morgan fingerprint density at radius 1 is 1.00 bits per heavy atom. The summed E-state index contributed by atoms with van der Waals surface area (Å²) in [5, 5.41) is 0. The first-order chi connectivity index (χ1) is 7.31. The van der Waals surface area contributed by atoms with Gasteiger partial charge in [-0.05, 0) is 0 Å². The number of hydrogen-bond donors (Lipinski definition) is 0. The summed E-state index contributed by atoms with van der Waals surface area (Å²) in [6.45, 7) is 0. The molecule has 0 amide bonds. The van der Waals surface area contributed by atoms with E-state index in [1.54, 1.807) is 0 Å². The van der Waals surface area contributed by atoms with Gasteiger partial charge in [0, 0.05) is 0 Å². The molecule has 90 valence electrons. The number of methoxy groups -OCH3 is 1. The van der Waals surface area contributed by atoms with Crippen LogP contribution >= 0.6 is 0 Å². The zero-order valence-corrected chi connectivity index (χ0v) is 12.4. The molecule has 0 atom stereocenters. The molecule has 0 saturated heterocycles. The van der Waals surface area contributed by atoms with Gasteiger partial charge in [0.25, 0.3) is 0 Å². The van der Waals surface area contributed by atoms with Crippen molar-refractivity contribution < 1.29 is 9.53 Å². The maximum atomic E-state index is 10.8. The van der Waals surface area contributed by atoms with Crippen LogP contribution in [-0.4, -0.2) is 34.0 Å². The topological polar surface area (TPSA) is 26.3 Å². The fourth-order valence-corrected chi connectivity index (χ4v) is 2.91. The summed E-state index contributed by atoms with van der Waals surface area (Å²) in [7, 11) is 1.46. The minimum absolute atomic E-state index is 0.0670. The molecule has 2 nitrogen and oxygen atoms in total. The second-order valence-corrected chi connectivity index (χ2v) is 6.61. The monoisotopic (exact) mass is 330 g/mol. The molecule has 0 rings (SSSR count). The second-order valence-electron chi connectivity index (χ2n) is 3.79. The van der Waals surface area contributed by atoms with Crippen molar-refractivity contribution in [2.75, 3.05) is 7.11 Å². The summed E-state index contributed by atoms with van der Waals surface area (Å²) in [5.74, 6) is -0.0670. The number of rotatable bonds is 10. The second kappa shape index (κ2) is 12.3. The van der Waals surface area contributed by atoms with E-state index in [9.17, 15) is 4.79 Å². The predicted octanol–water partition coefficient (Wildman–Crippen LogP) is 3.45. The summed E-state index contributed by atoms with van der Waals surface area (Å²) in [6.07, 6.45) is 9.62. The molecule has 0 aromatic rings. The first kappa shape index (κ1) is 15.3. The van der Waals surface area contributed by atoms with Crippen molar-refractivity contribution in [2.24, 2.45) is 0 Å². The van der Waals surface area contributed by atoms with Crippen molar-refractivity contribution in [1.29, 1.82) is 0 Å². The van der Waals surface area contributed by atoms with Gasteiger partial charge < -0.3 is 0 Å². The van der Waals surface area contributed by atoms with Gasteiger partial charge in [-0.2, -0.15) is 0 Å². The predicted molar refractivity (Wildman–Crippen MR) is 65.4 cm³/mol. The third-order valence-corrected chi connectivity index (χ3v) is 4.45. The Kier molecular flexibility index (Phi) is 12.5. The van der Waals surface area contributed by atoms with Crippen LogP contribution in [0, 0.1) is 0 Å². The summed E-state index contributed by atoms with van der Waals surface area (Å²) >= 11 is 0.368. The minimum atomic E-state index is -0.0670. The van der Waals surface area contributed by atoms with E-state index in [1.807, 2.05) is 0 Å². The molecule has 0 spiro atoms. The van der Waals surface area contributed by atoms with Crippen LogP contribution in [0.3, 0.4) is 0 Å². The Hall–Kier alpha value is 0.260. The summed E-state index contributed by atoms with van der Waals surface area (Å²) < 4.78 is 6.09. The average Bonchev–Trinajstić information content (AvgIpc) is 2.26. The van der Waals surface area contributed by atoms with E-state index in [-0.39, 0.29) is 5.97 Å². The van der Waals surface area contributed by atoms with Crippen LogP contribution in [0.15, 0.2) is 0 Å². The fraction of sp³-hybridized carbons (Fsp3) is 0.917. The number of esters is 1. The van der Waals surface area contributed by atoms with Crippen molar-refractivity contribution >= 4 is 26.9 Å². The van der Waals surface area contributed by atoms with Crippen LogP contribution in [0.2, 0.25) is 9.44 Å². The Balaban J connectivity index is 2.95. The third kappa shape index (κ3) is 12.2. The van der Waals surface area contributed by atoms with E-state index in [2.05, 4.69) is 9.71 Å². The standard InChI is InChI=1S/C12H24O2Te/c1-14-12(13)10-8-6-4-3-5-7-9-11-15-2/h3-11H2,1-2H3. The number of hydrogen-bond acceptors (Lipinski definition) is 2. The molecule has 0 aromatic carbocycles. The van der Waals surface area contributed by atoms with Crippen molar-refractivity contribution in [3.8, 4) is 0 Å². The molecule has 0 aliphatic rings. The Morgan fingerprint density at radius 3 is 2.07 bits per heavy atom. The quantitative estimate of drug-likeness (QED) is 0.349. The van der Waals surface area contributed by atoms with E-state index in [1.165, 1.54) is 50.1 Å². The van der Waals surface area contributed by atoms with Gasteiger partial charge in [0.15, 0.2) is 0 Å². The molecular weight excluding hydrogens is 304 g/mol. The number of ether oxygens (including phenoxy) is 1. The van der Waals surface area contributed by atoms with Crippen LogP contribution in [0.25, 0.3) is 0 Å². The third-order valence-electron chi connectivity index (χ3n) is 2.46. The molecule has 0 aromatic heterocycles. The van der Waals surface area contributed by atoms with Crippen LogP contribution in [-0.2, 0) is 9.53 Å². The molecule has 0 aliphatic heterocycles. The molecule has 0 aliphatic carbocycles. The molecular formula is C12H24O2Te. The zero-order chi connectivity index (χ0) is 11.4. The van der Waals surface area contributed by atoms with Crippen LogP contribution < -0.4 is 0 Å².